The van der Waals surface area contributed by atoms with E-state index in [0.717, 1.165) is 16.7 Å². The van der Waals surface area contributed by atoms with Crippen LogP contribution in [0.5, 0.6) is 5.75 Å². The molecule has 10 heteroatoms. The van der Waals surface area contributed by atoms with Gasteiger partial charge < -0.3 is 10.1 Å². The Hall–Kier alpha value is -3.59. The molecular weight excluding hydrogens is 577 g/mol. The van der Waals surface area contributed by atoms with E-state index in [0.29, 0.717) is 32.6 Å². The first kappa shape index (κ1) is 25.1. The summed E-state index contributed by atoms with van der Waals surface area (Å²) in [6.45, 7) is 0.584. The number of nitrogens with zero attached hydrogens (tertiary/aromatic N) is 4. The number of hydrogen-bond donors (Lipinski definition) is 1. The molecule has 0 unspecified atom stereocenters. The summed E-state index contributed by atoms with van der Waals surface area (Å²) >= 11 is 15.7. The molecule has 186 valence electrons. The molecule has 3 aromatic carbocycles. The molecule has 0 aliphatic heterocycles. The Kier molecular flexibility index (Phi) is 7.60. The Morgan fingerprint density at radius 2 is 1.68 bits per heavy atom. The zero-order chi connectivity index (χ0) is 25.8. The lowest BCUT2D eigenvalue weighted by atomic mass is 10.1. The molecule has 5 rings (SSSR count). The van der Waals surface area contributed by atoms with E-state index in [4.69, 9.17) is 27.9 Å². The molecular formula is C27H20BrCl2N5O2. The van der Waals surface area contributed by atoms with Crippen LogP contribution in [-0.2, 0) is 13.3 Å². The van der Waals surface area contributed by atoms with Crippen molar-refractivity contribution in [3.05, 3.63) is 117 Å². The molecule has 0 aliphatic rings. The van der Waals surface area contributed by atoms with Gasteiger partial charge in [0, 0.05) is 22.4 Å². The first-order valence-electron chi connectivity index (χ1n) is 11.2. The fourth-order valence-corrected chi connectivity index (χ4v) is 4.51. The fraction of sp³-hybridized carbons (Fsp3) is 0.0741. The highest BCUT2D eigenvalue weighted by Crippen LogP contribution is 2.25. The van der Waals surface area contributed by atoms with Gasteiger partial charge in [-0.2, -0.15) is 10.2 Å². The summed E-state index contributed by atoms with van der Waals surface area (Å²) in [5.41, 5.74) is 3.34. The molecule has 1 N–H and O–H groups in total. The van der Waals surface area contributed by atoms with Crippen LogP contribution in [0.25, 0.3) is 11.1 Å². The van der Waals surface area contributed by atoms with E-state index in [2.05, 4.69) is 43.6 Å². The molecule has 0 atom stereocenters. The number of hydrogen-bond acceptors (Lipinski definition) is 4. The lowest BCUT2D eigenvalue weighted by molar-refractivity contribution is 0.101. The molecule has 37 heavy (non-hydrogen) atoms. The lowest BCUT2D eigenvalue weighted by Gasteiger charge is -2.07. The molecule has 7 nitrogen and oxygen atoms in total. The van der Waals surface area contributed by atoms with E-state index >= 15 is 0 Å². The van der Waals surface area contributed by atoms with Gasteiger partial charge in [-0.1, -0.05) is 71.7 Å². The molecule has 2 aromatic heterocycles. The maximum atomic E-state index is 12.8. The molecule has 0 saturated heterocycles. The first-order chi connectivity index (χ1) is 17.9. The van der Waals surface area contributed by atoms with Crippen LogP contribution in [0.2, 0.25) is 10.0 Å². The van der Waals surface area contributed by atoms with Crippen molar-refractivity contribution in [2.75, 3.05) is 5.32 Å². The second kappa shape index (κ2) is 11.2. The highest BCUT2D eigenvalue weighted by molar-refractivity contribution is 9.10. The van der Waals surface area contributed by atoms with Gasteiger partial charge >= 0.3 is 0 Å². The van der Waals surface area contributed by atoms with Gasteiger partial charge in [-0.3, -0.25) is 9.48 Å². The second-order valence-electron chi connectivity index (χ2n) is 8.12. The largest absolute Gasteiger partial charge is 0.471 e. The maximum absolute atomic E-state index is 12.8. The van der Waals surface area contributed by atoms with E-state index in [1.165, 1.54) is 0 Å². The highest BCUT2D eigenvalue weighted by Gasteiger charge is 2.15. The predicted molar refractivity (Wildman–Crippen MR) is 148 cm³/mol. The van der Waals surface area contributed by atoms with Crippen molar-refractivity contribution in [2.45, 2.75) is 13.3 Å². The van der Waals surface area contributed by atoms with Gasteiger partial charge in [-0.15, -0.1) is 0 Å². The molecule has 0 spiro atoms. The number of amides is 1. The van der Waals surface area contributed by atoms with Gasteiger partial charge in [0.25, 0.3) is 5.91 Å². The minimum Gasteiger partial charge on any atom is -0.471 e. The summed E-state index contributed by atoms with van der Waals surface area (Å²) < 4.78 is 9.67. The number of anilines is 1. The Morgan fingerprint density at radius 3 is 2.43 bits per heavy atom. The number of ether oxygens (including phenoxy) is 1. The van der Waals surface area contributed by atoms with Crippen molar-refractivity contribution >= 4 is 50.9 Å². The maximum Gasteiger partial charge on any atom is 0.277 e. The minimum absolute atomic E-state index is 0.165. The molecule has 0 saturated carbocycles. The number of nitrogens with one attached hydrogen (secondary N) is 1. The monoisotopic (exact) mass is 595 g/mol. The molecule has 0 fully saturated rings. The number of carbonyl (C=O) groups is 1. The Morgan fingerprint density at radius 1 is 0.919 bits per heavy atom. The van der Waals surface area contributed by atoms with Crippen LogP contribution < -0.4 is 10.1 Å². The topological polar surface area (TPSA) is 74.0 Å². The summed E-state index contributed by atoms with van der Waals surface area (Å²) in [6, 6.07) is 24.9. The zero-order valence-corrected chi connectivity index (χ0v) is 22.4. The van der Waals surface area contributed by atoms with E-state index in [9.17, 15) is 4.79 Å². The summed E-state index contributed by atoms with van der Waals surface area (Å²) in [5.74, 6) is 0.692. The van der Waals surface area contributed by atoms with Gasteiger partial charge in [0.2, 0.25) is 0 Å². The van der Waals surface area contributed by atoms with Gasteiger partial charge in [-0.05, 0) is 63.0 Å². The van der Waals surface area contributed by atoms with Crippen molar-refractivity contribution in [3.8, 4) is 16.9 Å². The average Bonchev–Trinajstić information content (AvgIpc) is 3.52. The van der Waals surface area contributed by atoms with Crippen LogP contribution in [0.3, 0.4) is 0 Å². The molecule has 0 radical (unpaired) electrons. The molecule has 1 amide bonds. The van der Waals surface area contributed by atoms with Crippen LogP contribution in [0.4, 0.5) is 5.82 Å². The number of halogens is 3. The molecule has 0 bridgehead atoms. The highest BCUT2D eigenvalue weighted by atomic mass is 79.9. The van der Waals surface area contributed by atoms with Gasteiger partial charge in [-0.25, -0.2) is 4.68 Å². The van der Waals surface area contributed by atoms with Crippen LogP contribution in [-0.4, -0.2) is 25.5 Å². The van der Waals surface area contributed by atoms with Gasteiger partial charge in [0.05, 0.1) is 11.0 Å². The predicted octanol–water partition coefficient (Wildman–Crippen LogP) is 7.15. The standard InChI is InChI=1S/C27H20BrCl2N5O2/c28-23-16-35(15-20-6-9-21(29)14-24(20)30)33-26(23)31-27(36)25-12-13-34(32-25)17-37-22-10-7-19(8-11-22)18-4-2-1-3-5-18/h1-14,16H,15,17H2,(H,31,33,36). The lowest BCUT2D eigenvalue weighted by Crippen LogP contribution is -2.15. The van der Waals surface area contributed by atoms with Crippen molar-refractivity contribution in [2.24, 2.45) is 0 Å². The summed E-state index contributed by atoms with van der Waals surface area (Å²) in [7, 11) is 0. The smallest absolute Gasteiger partial charge is 0.277 e. The van der Waals surface area contributed by atoms with E-state index in [1.54, 1.807) is 40.0 Å². The number of carbonyl (C=O) groups excluding carboxylic acids is 1. The number of aromatic nitrogens is 4. The van der Waals surface area contributed by atoms with Gasteiger partial charge in [0.1, 0.15) is 5.75 Å². The Bertz CT molecular complexity index is 1530. The Labute approximate surface area is 231 Å². The van der Waals surface area contributed by atoms with Crippen molar-refractivity contribution in [3.63, 3.8) is 0 Å². The van der Waals surface area contributed by atoms with Crippen molar-refractivity contribution < 1.29 is 9.53 Å². The summed E-state index contributed by atoms with van der Waals surface area (Å²) in [6.07, 6.45) is 3.44. The van der Waals surface area contributed by atoms with Crippen LogP contribution >= 0.6 is 39.1 Å². The molecule has 5 aromatic rings. The van der Waals surface area contributed by atoms with Crippen LogP contribution in [0.1, 0.15) is 16.1 Å². The quantitative estimate of drug-likeness (QED) is 0.206. The number of benzene rings is 3. The van der Waals surface area contributed by atoms with E-state index in [-0.39, 0.29) is 18.3 Å². The van der Waals surface area contributed by atoms with Gasteiger partial charge in [0.15, 0.2) is 18.2 Å². The van der Waals surface area contributed by atoms with E-state index in [1.807, 2.05) is 48.5 Å². The van der Waals surface area contributed by atoms with E-state index < -0.39 is 0 Å². The first-order valence-corrected chi connectivity index (χ1v) is 12.8. The SMILES string of the molecule is O=C(Nc1nn(Cc2ccc(Cl)cc2Cl)cc1Br)c1ccn(COc2ccc(-c3ccccc3)cc2)n1. The van der Waals surface area contributed by atoms with Crippen LogP contribution in [0.15, 0.2) is 95.7 Å². The van der Waals surface area contributed by atoms with Crippen LogP contribution in [0, 0.1) is 0 Å². The molecule has 0 aliphatic carbocycles. The normalized spacial score (nSPS) is 10.9. The summed E-state index contributed by atoms with van der Waals surface area (Å²) in [5, 5.41) is 12.6. The third kappa shape index (κ3) is 6.22. The minimum atomic E-state index is -0.388. The van der Waals surface area contributed by atoms with Crippen molar-refractivity contribution in [1.82, 2.24) is 19.6 Å². The Balaban J connectivity index is 1.18. The third-order valence-corrected chi connectivity index (χ3v) is 6.66. The fourth-order valence-electron chi connectivity index (χ4n) is 3.63. The molecule has 2 heterocycles. The third-order valence-electron chi connectivity index (χ3n) is 5.49. The number of rotatable bonds is 8. The summed E-state index contributed by atoms with van der Waals surface area (Å²) in [4.78, 5) is 12.8. The second-order valence-corrected chi connectivity index (χ2v) is 9.82. The average molecular weight is 597 g/mol. The van der Waals surface area contributed by atoms with Crippen molar-refractivity contribution in [1.29, 1.82) is 0 Å². The zero-order valence-electron chi connectivity index (χ0n) is 19.3.